The quantitative estimate of drug-likeness (QED) is 0.870. The highest BCUT2D eigenvalue weighted by Gasteiger charge is 2.11. The van der Waals surface area contributed by atoms with Crippen LogP contribution in [-0.4, -0.2) is 12.5 Å². The van der Waals surface area contributed by atoms with Gasteiger partial charge in [-0.3, -0.25) is 4.79 Å². The van der Waals surface area contributed by atoms with Gasteiger partial charge >= 0.3 is 0 Å². The second-order valence-corrected chi connectivity index (χ2v) is 5.25. The number of rotatable bonds is 6. The van der Waals surface area contributed by atoms with E-state index < -0.39 is 0 Å². The summed E-state index contributed by atoms with van der Waals surface area (Å²) in [5.74, 6) is 0.706. The lowest BCUT2D eigenvalue weighted by atomic mass is 10.0. The summed E-state index contributed by atoms with van der Waals surface area (Å²) in [6.45, 7) is 6.68. The molecule has 1 N–H and O–H groups in total. The summed E-state index contributed by atoms with van der Waals surface area (Å²) < 4.78 is 5.38. The third-order valence-electron chi connectivity index (χ3n) is 3.66. The molecule has 0 spiro atoms. The van der Waals surface area contributed by atoms with Crippen LogP contribution >= 0.6 is 0 Å². The summed E-state index contributed by atoms with van der Waals surface area (Å²) in [4.78, 5) is 12.3. The van der Waals surface area contributed by atoms with Crippen LogP contribution < -0.4 is 10.1 Å². The summed E-state index contributed by atoms with van der Waals surface area (Å²) in [6.07, 6.45) is 1.02. The van der Waals surface area contributed by atoms with Gasteiger partial charge in [0.05, 0.1) is 12.6 Å². The second-order valence-electron chi connectivity index (χ2n) is 5.25. The van der Waals surface area contributed by atoms with Crippen molar-refractivity contribution in [3.8, 4) is 5.75 Å². The number of amides is 1. The van der Waals surface area contributed by atoms with Gasteiger partial charge in [-0.05, 0) is 55.7 Å². The molecular formula is C19H23NO2. The zero-order chi connectivity index (χ0) is 15.9. The lowest BCUT2D eigenvalue weighted by Gasteiger charge is -2.15. The highest BCUT2D eigenvalue weighted by molar-refractivity contribution is 5.94. The average Bonchev–Trinajstić information content (AvgIpc) is 2.55. The van der Waals surface area contributed by atoms with E-state index in [0.29, 0.717) is 12.2 Å². The van der Waals surface area contributed by atoms with Crippen LogP contribution in [-0.2, 0) is 6.42 Å². The maximum atomic E-state index is 12.3. The Balaban J connectivity index is 2.00. The maximum Gasteiger partial charge on any atom is 0.251 e. The molecule has 0 unspecified atom stereocenters. The zero-order valence-electron chi connectivity index (χ0n) is 13.4. The largest absolute Gasteiger partial charge is 0.494 e. The predicted molar refractivity (Wildman–Crippen MR) is 89.3 cm³/mol. The van der Waals surface area contributed by atoms with Gasteiger partial charge < -0.3 is 10.1 Å². The lowest BCUT2D eigenvalue weighted by Crippen LogP contribution is -2.26. The Morgan fingerprint density at radius 3 is 2.23 bits per heavy atom. The van der Waals surface area contributed by atoms with Crippen molar-refractivity contribution in [3.63, 3.8) is 0 Å². The number of ether oxygens (including phenoxy) is 1. The van der Waals surface area contributed by atoms with Crippen molar-refractivity contribution in [2.24, 2.45) is 0 Å². The molecule has 0 bridgehead atoms. The number of benzene rings is 2. The van der Waals surface area contributed by atoms with Crippen LogP contribution in [0.15, 0.2) is 48.5 Å². The topological polar surface area (TPSA) is 38.3 Å². The summed E-state index contributed by atoms with van der Waals surface area (Å²) in [5, 5.41) is 3.02. The van der Waals surface area contributed by atoms with E-state index in [1.807, 2.05) is 26.0 Å². The summed E-state index contributed by atoms with van der Waals surface area (Å²) in [6, 6.07) is 15.5. The van der Waals surface area contributed by atoms with Crippen molar-refractivity contribution < 1.29 is 9.53 Å². The number of nitrogens with one attached hydrogen (secondary N) is 1. The maximum absolute atomic E-state index is 12.3. The number of hydrogen-bond donors (Lipinski definition) is 1. The first kappa shape index (κ1) is 16.1. The first-order valence-electron chi connectivity index (χ1n) is 7.76. The van der Waals surface area contributed by atoms with Gasteiger partial charge in [0.15, 0.2) is 0 Å². The Bertz CT molecular complexity index is 602. The molecule has 3 nitrogen and oxygen atoms in total. The molecule has 0 aliphatic heterocycles. The van der Waals surface area contributed by atoms with Crippen LogP contribution in [0.3, 0.4) is 0 Å². The van der Waals surface area contributed by atoms with E-state index in [9.17, 15) is 4.79 Å². The van der Waals surface area contributed by atoms with Crippen molar-refractivity contribution in [1.29, 1.82) is 0 Å². The minimum atomic E-state index is -0.0740. The number of aryl methyl sites for hydroxylation is 1. The van der Waals surface area contributed by atoms with Gasteiger partial charge in [0.1, 0.15) is 5.75 Å². The van der Waals surface area contributed by atoms with E-state index in [1.165, 1.54) is 5.56 Å². The normalized spacial score (nSPS) is 11.8. The van der Waals surface area contributed by atoms with Crippen molar-refractivity contribution >= 4 is 5.91 Å². The molecule has 0 saturated heterocycles. The fourth-order valence-electron chi connectivity index (χ4n) is 2.27. The minimum Gasteiger partial charge on any atom is -0.494 e. The molecule has 0 aromatic heterocycles. The van der Waals surface area contributed by atoms with Crippen molar-refractivity contribution in [2.75, 3.05) is 6.61 Å². The predicted octanol–water partition coefficient (Wildman–Crippen LogP) is 4.14. The Hall–Kier alpha value is -2.29. The van der Waals surface area contributed by atoms with Gasteiger partial charge in [0.2, 0.25) is 0 Å². The average molecular weight is 297 g/mol. The SMILES string of the molecule is CCOc1ccc(C(=O)N[C@H](C)c2ccc(CC)cc2)cc1. The van der Waals surface area contributed by atoms with E-state index in [-0.39, 0.29) is 11.9 Å². The Morgan fingerprint density at radius 1 is 1.05 bits per heavy atom. The molecule has 0 aliphatic rings. The molecule has 0 radical (unpaired) electrons. The van der Waals surface area contributed by atoms with Crippen molar-refractivity contribution in [1.82, 2.24) is 5.32 Å². The first-order chi connectivity index (χ1) is 10.6. The van der Waals surface area contributed by atoms with Gasteiger partial charge in [-0.1, -0.05) is 31.2 Å². The van der Waals surface area contributed by atoms with E-state index in [1.54, 1.807) is 12.1 Å². The summed E-state index contributed by atoms with van der Waals surface area (Å²) in [7, 11) is 0. The molecule has 1 amide bonds. The molecule has 22 heavy (non-hydrogen) atoms. The summed E-state index contributed by atoms with van der Waals surface area (Å²) >= 11 is 0. The van der Waals surface area contributed by atoms with E-state index >= 15 is 0 Å². The standard InChI is InChI=1S/C19H23NO2/c1-4-15-6-8-16(9-7-15)14(3)20-19(21)17-10-12-18(13-11-17)22-5-2/h6-14H,4-5H2,1-3H3,(H,20,21)/t14-/m1/s1. The van der Waals surface area contributed by atoms with Gasteiger partial charge in [-0.2, -0.15) is 0 Å². The minimum absolute atomic E-state index is 0.0232. The van der Waals surface area contributed by atoms with Gasteiger partial charge in [-0.25, -0.2) is 0 Å². The van der Waals surface area contributed by atoms with Crippen molar-refractivity contribution in [3.05, 3.63) is 65.2 Å². The molecule has 0 aliphatic carbocycles. The monoisotopic (exact) mass is 297 g/mol. The second kappa shape index (κ2) is 7.64. The Kier molecular flexibility index (Phi) is 5.59. The zero-order valence-corrected chi connectivity index (χ0v) is 13.4. The molecular weight excluding hydrogens is 274 g/mol. The van der Waals surface area contributed by atoms with Crippen molar-refractivity contribution in [2.45, 2.75) is 33.2 Å². The molecule has 3 heteroatoms. The van der Waals surface area contributed by atoms with Crippen LogP contribution in [0.1, 0.15) is 48.3 Å². The molecule has 2 aromatic rings. The lowest BCUT2D eigenvalue weighted by molar-refractivity contribution is 0.0940. The molecule has 2 aromatic carbocycles. The van der Waals surface area contributed by atoms with Crippen LogP contribution in [0.5, 0.6) is 5.75 Å². The molecule has 0 heterocycles. The number of carbonyl (C=O) groups is 1. The molecule has 2 rings (SSSR count). The number of hydrogen-bond acceptors (Lipinski definition) is 2. The third kappa shape index (κ3) is 4.10. The van der Waals surface area contributed by atoms with E-state index in [2.05, 4.69) is 36.5 Å². The molecule has 0 saturated carbocycles. The molecule has 0 fully saturated rings. The fraction of sp³-hybridized carbons (Fsp3) is 0.316. The Morgan fingerprint density at radius 2 is 1.68 bits per heavy atom. The van der Waals surface area contributed by atoms with Gasteiger partial charge in [-0.15, -0.1) is 0 Å². The highest BCUT2D eigenvalue weighted by Crippen LogP contribution is 2.16. The van der Waals surface area contributed by atoms with Crippen LogP contribution in [0.2, 0.25) is 0 Å². The van der Waals surface area contributed by atoms with Gasteiger partial charge in [0.25, 0.3) is 5.91 Å². The third-order valence-corrected chi connectivity index (χ3v) is 3.66. The number of carbonyl (C=O) groups excluding carboxylic acids is 1. The van der Waals surface area contributed by atoms with E-state index in [4.69, 9.17) is 4.74 Å². The van der Waals surface area contributed by atoms with Crippen LogP contribution in [0.4, 0.5) is 0 Å². The summed E-state index contributed by atoms with van der Waals surface area (Å²) in [5.41, 5.74) is 3.05. The molecule has 1 atom stereocenters. The first-order valence-corrected chi connectivity index (χ1v) is 7.76. The smallest absolute Gasteiger partial charge is 0.251 e. The molecule has 116 valence electrons. The van der Waals surface area contributed by atoms with Gasteiger partial charge in [0, 0.05) is 5.56 Å². The highest BCUT2D eigenvalue weighted by atomic mass is 16.5. The van der Waals surface area contributed by atoms with Crippen LogP contribution in [0.25, 0.3) is 0 Å². The van der Waals surface area contributed by atoms with E-state index in [0.717, 1.165) is 17.7 Å². The van der Waals surface area contributed by atoms with Crippen LogP contribution in [0, 0.1) is 0 Å². The Labute approximate surface area is 132 Å². The fourth-order valence-corrected chi connectivity index (χ4v) is 2.27.